The summed E-state index contributed by atoms with van der Waals surface area (Å²) in [5.74, 6) is 0.296. The number of sulfone groups is 1. The Hall–Kier alpha value is -1.47. The van der Waals surface area contributed by atoms with Crippen molar-refractivity contribution in [1.82, 2.24) is 4.90 Å². The molecule has 0 unspecified atom stereocenters. The van der Waals surface area contributed by atoms with Crippen molar-refractivity contribution in [1.29, 1.82) is 0 Å². The molecule has 1 aromatic carbocycles. The van der Waals surface area contributed by atoms with Gasteiger partial charge in [0.2, 0.25) is 12.7 Å². The third kappa shape index (κ3) is 3.78. The van der Waals surface area contributed by atoms with E-state index in [-0.39, 0.29) is 24.5 Å². The molecule has 8 heteroatoms. The summed E-state index contributed by atoms with van der Waals surface area (Å²) in [6.45, 7) is 4.21. The zero-order valence-electron chi connectivity index (χ0n) is 15.0. The summed E-state index contributed by atoms with van der Waals surface area (Å²) < 4.78 is 36.2. The van der Waals surface area contributed by atoms with Gasteiger partial charge in [-0.2, -0.15) is 0 Å². The van der Waals surface area contributed by atoms with Crippen LogP contribution >= 0.6 is 11.6 Å². The van der Waals surface area contributed by atoms with Crippen LogP contribution in [0.2, 0.25) is 5.02 Å². The lowest BCUT2D eigenvalue weighted by atomic mass is 10.00. The summed E-state index contributed by atoms with van der Waals surface area (Å²) in [7, 11) is -3.67. The largest absolute Gasteiger partial charge is 0.454 e. The lowest BCUT2D eigenvalue weighted by Gasteiger charge is -2.36. The molecule has 2 heterocycles. The molecule has 2 atom stereocenters. The number of benzene rings is 1. The Morgan fingerprint density at radius 3 is 2.85 bits per heavy atom. The molecule has 2 aliphatic heterocycles. The van der Waals surface area contributed by atoms with Crippen molar-refractivity contribution in [2.75, 3.05) is 13.3 Å². The molecule has 0 bridgehead atoms. The average Bonchev–Trinajstić information content (AvgIpc) is 3.09. The molecule has 0 spiro atoms. The van der Waals surface area contributed by atoms with Crippen LogP contribution in [0.3, 0.4) is 0 Å². The molecule has 1 amide bonds. The Morgan fingerprint density at radius 1 is 1.35 bits per heavy atom. The van der Waals surface area contributed by atoms with Crippen LogP contribution < -0.4 is 9.47 Å². The van der Waals surface area contributed by atoms with Crippen LogP contribution in [0.1, 0.15) is 45.1 Å². The van der Waals surface area contributed by atoms with E-state index in [1.165, 1.54) is 6.92 Å². The Morgan fingerprint density at radius 2 is 2.12 bits per heavy atom. The highest BCUT2D eigenvalue weighted by Crippen LogP contribution is 2.40. The Bertz CT molecular complexity index is 795. The molecule has 1 fully saturated rings. The highest BCUT2D eigenvalue weighted by Gasteiger charge is 2.35. The van der Waals surface area contributed by atoms with Crippen molar-refractivity contribution < 1.29 is 22.7 Å². The van der Waals surface area contributed by atoms with Gasteiger partial charge in [0.05, 0.1) is 10.8 Å². The summed E-state index contributed by atoms with van der Waals surface area (Å²) in [6.07, 6.45) is 3.79. The van der Waals surface area contributed by atoms with Crippen LogP contribution in [-0.2, 0) is 20.4 Å². The van der Waals surface area contributed by atoms with Crippen molar-refractivity contribution in [3.8, 4) is 11.5 Å². The highest BCUT2D eigenvalue weighted by atomic mass is 35.5. The normalized spacial score (nSPS) is 20.9. The second kappa shape index (κ2) is 7.64. The minimum atomic E-state index is -3.67. The Balaban J connectivity index is 1.77. The molecule has 0 saturated carbocycles. The highest BCUT2D eigenvalue weighted by molar-refractivity contribution is 7.92. The van der Waals surface area contributed by atoms with Crippen LogP contribution in [0.25, 0.3) is 0 Å². The van der Waals surface area contributed by atoms with Gasteiger partial charge in [0.1, 0.15) is 5.25 Å². The van der Waals surface area contributed by atoms with E-state index in [4.69, 9.17) is 21.1 Å². The fourth-order valence-corrected chi connectivity index (χ4v) is 5.18. The van der Waals surface area contributed by atoms with E-state index in [0.717, 1.165) is 25.7 Å². The van der Waals surface area contributed by atoms with Gasteiger partial charge < -0.3 is 14.4 Å². The van der Waals surface area contributed by atoms with E-state index in [0.29, 0.717) is 28.6 Å². The van der Waals surface area contributed by atoms with E-state index in [1.54, 1.807) is 17.0 Å². The molecule has 2 aliphatic rings. The first-order valence-electron chi connectivity index (χ1n) is 8.93. The zero-order valence-corrected chi connectivity index (χ0v) is 16.6. The van der Waals surface area contributed by atoms with E-state index in [2.05, 4.69) is 0 Å². The second-order valence-corrected chi connectivity index (χ2v) is 9.58. The predicted molar refractivity (Wildman–Crippen MR) is 99.3 cm³/mol. The molecule has 1 saturated heterocycles. The van der Waals surface area contributed by atoms with Gasteiger partial charge in [-0.15, -0.1) is 0 Å². The molecule has 26 heavy (non-hydrogen) atoms. The standard InChI is InChI=1S/C18H24ClNO5S/c1-3-14-6-4-5-7-20(14)18(21)12(2)26(22,23)10-13-8-15(19)17-16(9-13)24-11-25-17/h8-9,12,14H,3-7,10-11H2,1-2H3/t12-,14-/m0/s1. The molecule has 144 valence electrons. The number of hydrogen-bond acceptors (Lipinski definition) is 5. The van der Waals surface area contributed by atoms with Crippen molar-refractivity contribution in [2.24, 2.45) is 0 Å². The minimum Gasteiger partial charge on any atom is -0.454 e. The van der Waals surface area contributed by atoms with Gasteiger partial charge in [0, 0.05) is 12.6 Å². The first-order valence-corrected chi connectivity index (χ1v) is 11.0. The first kappa shape index (κ1) is 19.3. The number of ether oxygens (including phenoxy) is 2. The van der Waals surface area contributed by atoms with Crippen LogP contribution in [-0.4, -0.2) is 43.9 Å². The summed E-state index contributed by atoms with van der Waals surface area (Å²) in [4.78, 5) is 14.6. The molecular weight excluding hydrogens is 378 g/mol. The van der Waals surface area contributed by atoms with Gasteiger partial charge in [0.25, 0.3) is 0 Å². The number of fused-ring (bicyclic) bond motifs is 1. The van der Waals surface area contributed by atoms with Gasteiger partial charge in [-0.3, -0.25) is 4.79 Å². The molecular formula is C18H24ClNO5S. The number of amides is 1. The molecule has 0 N–H and O–H groups in total. The number of carbonyl (C=O) groups excluding carboxylic acids is 1. The number of hydrogen-bond donors (Lipinski definition) is 0. The average molecular weight is 402 g/mol. The van der Waals surface area contributed by atoms with Crippen LogP contribution in [0.5, 0.6) is 11.5 Å². The molecule has 0 aliphatic carbocycles. The Labute approximate surface area is 159 Å². The maximum atomic E-state index is 12.8. The SMILES string of the molecule is CC[C@H]1CCCCN1C(=O)[C@H](C)S(=O)(=O)Cc1cc(Cl)c2c(c1)OCO2. The number of rotatable bonds is 5. The van der Waals surface area contributed by atoms with E-state index in [1.807, 2.05) is 6.92 Å². The molecule has 0 aromatic heterocycles. The molecule has 3 rings (SSSR count). The van der Waals surface area contributed by atoms with E-state index < -0.39 is 15.1 Å². The van der Waals surface area contributed by atoms with E-state index in [9.17, 15) is 13.2 Å². The van der Waals surface area contributed by atoms with Gasteiger partial charge in [0.15, 0.2) is 21.3 Å². The lowest BCUT2D eigenvalue weighted by molar-refractivity contribution is -0.134. The van der Waals surface area contributed by atoms with E-state index >= 15 is 0 Å². The van der Waals surface area contributed by atoms with Crippen molar-refractivity contribution >= 4 is 27.3 Å². The maximum absolute atomic E-state index is 12.8. The summed E-state index contributed by atoms with van der Waals surface area (Å²) >= 11 is 6.13. The second-order valence-electron chi connectivity index (χ2n) is 6.85. The third-order valence-corrected chi connectivity index (χ3v) is 7.42. The molecule has 1 aromatic rings. The molecule has 0 radical (unpaired) electrons. The monoisotopic (exact) mass is 401 g/mol. The van der Waals surface area contributed by atoms with Crippen LogP contribution in [0.4, 0.5) is 0 Å². The number of carbonyl (C=O) groups is 1. The minimum absolute atomic E-state index is 0.0630. The van der Waals surface area contributed by atoms with Gasteiger partial charge in [-0.25, -0.2) is 8.42 Å². The van der Waals surface area contributed by atoms with Crippen LogP contribution in [0.15, 0.2) is 12.1 Å². The number of nitrogens with zero attached hydrogens (tertiary/aromatic N) is 1. The summed E-state index contributed by atoms with van der Waals surface area (Å²) in [5.41, 5.74) is 0.490. The quantitative estimate of drug-likeness (QED) is 0.757. The van der Waals surface area contributed by atoms with Crippen molar-refractivity contribution in [3.63, 3.8) is 0 Å². The van der Waals surface area contributed by atoms with Gasteiger partial charge in [-0.05, 0) is 50.3 Å². The first-order chi connectivity index (χ1) is 12.3. The number of piperidine rings is 1. The zero-order chi connectivity index (χ0) is 18.9. The number of likely N-dealkylation sites (tertiary alicyclic amines) is 1. The summed E-state index contributed by atoms with van der Waals surface area (Å²) in [5, 5.41) is -0.773. The fraction of sp³-hybridized carbons (Fsp3) is 0.611. The Kier molecular flexibility index (Phi) is 5.67. The summed E-state index contributed by atoms with van der Waals surface area (Å²) in [6, 6.07) is 3.30. The van der Waals surface area contributed by atoms with Crippen LogP contribution in [0, 0.1) is 0 Å². The van der Waals surface area contributed by atoms with Crippen molar-refractivity contribution in [2.45, 2.75) is 56.6 Å². The third-order valence-electron chi connectivity index (χ3n) is 5.12. The maximum Gasteiger partial charge on any atom is 0.240 e. The topological polar surface area (TPSA) is 72.9 Å². The van der Waals surface area contributed by atoms with Crippen molar-refractivity contribution in [3.05, 3.63) is 22.7 Å². The lowest BCUT2D eigenvalue weighted by Crippen LogP contribution is -2.49. The van der Waals surface area contributed by atoms with Gasteiger partial charge >= 0.3 is 0 Å². The fourth-order valence-electron chi connectivity index (χ4n) is 3.56. The smallest absolute Gasteiger partial charge is 0.240 e. The van der Waals surface area contributed by atoms with Gasteiger partial charge in [-0.1, -0.05) is 18.5 Å². The number of halogens is 1. The molecule has 6 nitrogen and oxygen atoms in total. The predicted octanol–water partition coefficient (Wildman–Crippen LogP) is 3.16.